The first kappa shape index (κ1) is 16.1. The number of urea groups is 1. The van der Waals surface area contributed by atoms with Gasteiger partial charge in [0.25, 0.3) is 5.91 Å². The van der Waals surface area contributed by atoms with E-state index in [2.05, 4.69) is 23.2 Å². The molecule has 0 unspecified atom stereocenters. The molecule has 6 heteroatoms. The second-order valence-electron chi connectivity index (χ2n) is 7.37. The Kier molecular flexibility index (Phi) is 3.96. The van der Waals surface area contributed by atoms with Crippen molar-refractivity contribution in [3.05, 3.63) is 23.7 Å². The SMILES string of the molecule is C[C@@H]1C[C@@H]1c1ccc(CN(C)CCN2C(=O)NC(C)(C)C2=O)o1. The fourth-order valence-electron chi connectivity index (χ4n) is 3.03. The van der Waals surface area contributed by atoms with E-state index in [1.165, 1.54) is 11.3 Å². The quantitative estimate of drug-likeness (QED) is 0.816. The van der Waals surface area contributed by atoms with Crippen LogP contribution < -0.4 is 5.32 Å². The largest absolute Gasteiger partial charge is 0.464 e. The summed E-state index contributed by atoms with van der Waals surface area (Å²) < 4.78 is 5.89. The van der Waals surface area contributed by atoms with Gasteiger partial charge in [-0.05, 0) is 45.4 Å². The average molecular weight is 319 g/mol. The lowest BCUT2D eigenvalue weighted by atomic mass is 10.1. The number of rotatable bonds is 6. The lowest BCUT2D eigenvalue weighted by Gasteiger charge is -2.20. The fraction of sp³-hybridized carbons (Fsp3) is 0.647. The second kappa shape index (κ2) is 5.67. The zero-order valence-electron chi connectivity index (χ0n) is 14.3. The van der Waals surface area contributed by atoms with Gasteiger partial charge in [0.2, 0.25) is 0 Å². The highest BCUT2D eigenvalue weighted by Crippen LogP contribution is 2.47. The summed E-state index contributed by atoms with van der Waals surface area (Å²) in [5.74, 6) is 3.16. The molecule has 1 aromatic heterocycles. The Morgan fingerprint density at radius 1 is 1.39 bits per heavy atom. The molecule has 2 aliphatic rings. The molecule has 0 aromatic carbocycles. The molecule has 2 heterocycles. The topological polar surface area (TPSA) is 65.8 Å². The second-order valence-corrected chi connectivity index (χ2v) is 7.37. The molecule has 2 fully saturated rings. The fourth-order valence-corrected chi connectivity index (χ4v) is 3.03. The smallest absolute Gasteiger partial charge is 0.325 e. The van der Waals surface area contributed by atoms with Crippen LogP contribution in [0.5, 0.6) is 0 Å². The van der Waals surface area contributed by atoms with E-state index in [0.717, 1.165) is 17.4 Å². The van der Waals surface area contributed by atoms with Crippen LogP contribution in [-0.2, 0) is 11.3 Å². The zero-order chi connectivity index (χ0) is 16.8. The highest BCUT2D eigenvalue weighted by atomic mass is 16.3. The van der Waals surface area contributed by atoms with Crippen molar-refractivity contribution in [2.24, 2.45) is 5.92 Å². The highest BCUT2D eigenvalue weighted by molar-refractivity contribution is 6.06. The van der Waals surface area contributed by atoms with E-state index in [0.29, 0.717) is 25.6 Å². The van der Waals surface area contributed by atoms with Crippen LogP contribution in [0.3, 0.4) is 0 Å². The minimum Gasteiger partial charge on any atom is -0.464 e. The predicted octanol–water partition coefficient (Wildman–Crippen LogP) is 2.17. The number of furan rings is 1. The predicted molar refractivity (Wildman–Crippen MR) is 85.9 cm³/mol. The average Bonchev–Trinajstić information content (AvgIpc) is 2.93. The number of likely N-dealkylation sites (N-methyl/N-ethyl adjacent to an activating group) is 1. The summed E-state index contributed by atoms with van der Waals surface area (Å²) in [6.45, 7) is 7.36. The summed E-state index contributed by atoms with van der Waals surface area (Å²) in [6.07, 6.45) is 1.21. The third kappa shape index (κ3) is 3.27. The summed E-state index contributed by atoms with van der Waals surface area (Å²) in [5, 5.41) is 2.69. The first-order valence-electron chi connectivity index (χ1n) is 8.19. The van der Waals surface area contributed by atoms with Crippen LogP contribution in [0.4, 0.5) is 4.79 Å². The molecule has 23 heavy (non-hydrogen) atoms. The highest BCUT2D eigenvalue weighted by Gasteiger charge is 2.43. The van der Waals surface area contributed by atoms with Gasteiger partial charge in [-0.25, -0.2) is 4.79 Å². The lowest BCUT2D eigenvalue weighted by molar-refractivity contribution is -0.130. The summed E-state index contributed by atoms with van der Waals surface area (Å²) in [4.78, 5) is 27.3. The maximum Gasteiger partial charge on any atom is 0.325 e. The van der Waals surface area contributed by atoms with Gasteiger partial charge >= 0.3 is 6.03 Å². The summed E-state index contributed by atoms with van der Waals surface area (Å²) in [6, 6.07) is 3.78. The molecule has 1 aromatic rings. The van der Waals surface area contributed by atoms with Gasteiger partial charge in [0.05, 0.1) is 6.54 Å². The number of amides is 3. The molecule has 2 atom stereocenters. The van der Waals surface area contributed by atoms with Gasteiger partial charge in [-0.15, -0.1) is 0 Å². The number of imide groups is 1. The Hall–Kier alpha value is -1.82. The van der Waals surface area contributed by atoms with E-state index in [4.69, 9.17) is 4.42 Å². The van der Waals surface area contributed by atoms with Crippen molar-refractivity contribution in [1.82, 2.24) is 15.1 Å². The maximum atomic E-state index is 12.1. The molecule has 0 radical (unpaired) electrons. The molecular formula is C17H25N3O3. The van der Waals surface area contributed by atoms with Crippen molar-refractivity contribution in [3.63, 3.8) is 0 Å². The van der Waals surface area contributed by atoms with E-state index in [9.17, 15) is 9.59 Å². The number of carbonyl (C=O) groups excluding carboxylic acids is 2. The summed E-state index contributed by atoms with van der Waals surface area (Å²) >= 11 is 0. The monoisotopic (exact) mass is 319 g/mol. The Labute approximate surface area is 136 Å². The third-order valence-corrected chi connectivity index (χ3v) is 4.73. The van der Waals surface area contributed by atoms with Crippen LogP contribution in [0.15, 0.2) is 16.5 Å². The van der Waals surface area contributed by atoms with Gasteiger partial charge in [0.1, 0.15) is 17.1 Å². The molecule has 1 aliphatic carbocycles. The lowest BCUT2D eigenvalue weighted by Crippen LogP contribution is -2.41. The Bertz CT molecular complexity index is 622. The maximum absolute atomic E-state index is 12.1. The van der Waals surface area contributed by atoms with Gasteiger partial charge in [-0.3, -0.25) is 14.6 Å². The van der Waals surface area contributed by atoms with E-state index in [-0.39, 0.29) is 11.9 Å². The van der Waals surface area contributed by atoms with E-state index < -0.39 is 5.54 Å². The van der Waals surface area contributed by atoms with Gasteiger partial charge in [0, 0.05) is 19.0 Å². The van der Waals surface area contributed by atoms with Gasteiger partial charge in [-0.2, -0.15) is 0 Å². The molecule has 0 bridgehead atoms. The van der Waals surface area contributed by atoms with E-state index in [1.807, 2.05) is 13.1 Å². The number of hydrogen-bond acceptors (Lipinski definition) is 4. The van der Waals surface area contributed by atoms with Gasteiger partial charge in [-0.1, -0.05) is 6.92 Å². The van der Waals surface area contributed by atoms with Crippen LogP contribution in [0.25, 0.3) is 0 Å². The van der Waals surface area contributed by atoms with Crippen molar-refractivity contribution >= 4 is 11.9 Å². The van der Waals surface area contributed by atoms with E-state index >= 15 is 0 Å². The normalized spacial score (nSPS) is 26.0. The molecule has 1 saturated heterocycles. The molecule has 0 spiro atoms. The van der Waals surface area contributed by atoms with Gasteiger partial charge in [0.15, 0.2) is 0 Å². The molecule has 3 rings (SSSR count). The number of nitrogens with one attached hydrogen (secondary N) is 1. The standard InChI is InChI=1S/C17H25N3O3/c1-11-9-13(11)14-6-5-12(23-14)10-19(4)7-8-20-15(21)17(2,3)18-16(20)22/h5-6,11,13H,7-10H2,1-4H3,(H,18,22)/t11-,13+/m1/s1. The zero-order valence-corrected chi connectivity index (χ0v) is 14.3. The minimum absolute atomic E-state index is 0.168. The number of carbonyl (C=O) groups is 2. The first-order valence-corrected chi connectivity index (χ1v) is 8.19. The first-order chi connectivity index (χ1) is 10.8. The van der Waals surface area contributed by atoms with Crippen LogP contribution in [0, 0.1) is 5.92 Å². The molecule has 1 aliphatic heterocycles. The molecule has 1 N–H and O–H groups in total. The number of nitrogens with zero attached hydrogens (tertiary/aromatic N) is 2. The van der Waals surface area contributed by atoms with Crippen molar-refractivity contribution in [3.8, 4) is 0 Å². The van der Waals surface area contributed by atoms with Crippen LogP contribution >= 0.6 is 0 Å². The molecule has 126 valence electrons. The van der Waals surface area contributed by atoms with Crippen LogP contribution in [-0.4, -0.2) is 47.4 Å². The van der Waals surface area contributed by atoms with E-state index in [1.54, 1.807) is 13.8 Å². The van der Waals surface area contributed by atoms with Crippen LogP contribution in [0.2, 0.25) is 0 Å². The Morgan fingerprint density at radius 3 is 2.65 bits per heavy atom. The minimum atomic E-state index is -0.799. The van der Waals surface area contributed by atoms with Crippen molar-refractivity contribution < 1.29 is 14.0 Å². The van der Waals surface area contributed by atoms with Crippen molar-refractivity contribution in [2.75, 3.05) is 20.1 Å². The Balaban J connectivity index is 1.50. The number of hydrogen-bond donors (Lipinski definition) is 1. The van der Waals surface area contributed by atoms with Gasteiger partial charge < -0.3 is 9.73 Å². The van der Waals surface area contributed by atoms with Crippen molar-refractivity contribution in [2.45, 2.75) is 45.2 Å². The Morgan fingerprint density at radius 2 is 2.09 bits per heavy atom. The van der Waals surface area contributed by atoms with Crippen LogP contribution in [0.1, 0.15) is 44.6 Å². The molecule has 3 amide bonds. The van der Waals surface area contributed by atoms with Crippen molar-refractivity contribution in [1.29, 1.82) is 0 Å². The third-order valence-electron chi connectivity index (χ3n) is 4.73. The molecule has 1 saturated carbocycles. The summed E-state index contributed by atoms with van der Waals surface area (Å²) in [7, 11) is 1.96. The molecular weight excluding hydrogens is 294 g/mol. The summed E-state index contributed by atoms with van der Waals surface area (Å²) in [5.41, 5.74) is -0.799. The molecule has 6 nitrogen and oxygen atoms in total.